The lowest BCUT2D eigenvalue weighted by Gasteiger charge is -2.15. The van der Waals surface area contributed by atoms with Crippen molar-refractivity contribution in [2.45, 2.75) is 96.8 Å². The number of aliphatic carboxylic acids is 1. The van der Waals surface area contributed by atoms with Gasteiger partial charge in [0.1, 0.15) is 0 Å². The highest BCUT2D eigenvalue weighted by molar-refractivity contribution is 5.95. The molecule has 1 heterocycles. The second-order valence-electron chi connectivity index (χ2n) is 11.4. The second kappa shape index (κ2) is 18.6. The Bertz CT molecular complexity index is 1360. The number of nitrogens with one attached hydrogen (secondary N) is 1. The molecule has 7 nitrogen and oxygen atoms in total. The Balaban J connectivity index is 1.48. The number of carbonyl (C=O) groups is 2. The maximum Gasteiger partial charge on any atom is 0.304 e. The average molecular weight is 588 g/mol. The topological polar surface area (TPSA) is 93.3 Å². The van der Waals surface area contributed by atoms with Gasteiger partial charge in [-0.2, -0.15) is 0 Å². The van der Waals surface area contributed by atoms with Gasteiger partial charge in [0.25, 0.3) is 5.56 Å². The highest BCUT2D eigenvalue weighted by atomic mass is 16.4. The van der Waals surface area contributed by atoms with Crippen molar-refractivity contribution < 1.29 is 14.7 Å². The molecular weight excluding hydrogens is 538 g/mol. The summed E-state index contributed by atoms with van der Waals surface area (Å²) in [7, 11) is 1.82. The minimum atomic E-state index is -0.995. The first-order valence-electron chi connectivity index (χ1n) is 16.0. The summed E-state index contributed by atoms with van der Waals surface area (Å²) >= 11 is 0. The summed E-state index contributed by atoms with van der Waals surface area (Å²) in [5.41, 5.74) is 2.65. The number of unbranched alkanes of at least 4 members (excludes halogenated alkanes) is 11. The molecule has 0 spiro atoms. The maximum absolute atomic E-state index is 13.1. The van der Waals surface area contributed by atoms with Crippen LogP contribution in [0.5, 0.6) is 0 Å². The first kappa shape index (κ1) is 33.6. The number of benzene rings is 2. The first-order valence-corrected chi connectivity index (χ1v) is 16.0. The Morgan fingerprint density at radius 2 is 1.49 bits per heavy atom. The molecule has 1 amide bonds. The fourth-order valence-electron chi connectivity index (χ4n) is 5.47. The van der Waals surface area contributed by atoms with Crippen molar-refractivity contribution in [3.05, 3.63) is 83.2 Å². The Labute approximate surface area is 256 Å². The highest BCUT2D eigenvalue weighted by Crippen LogP contribution is 2.24. The number of carboxylic acid groups (broad SMARTS) is 1. The van der Waals surface area contributed by atoms with Crippen LogP contribution in [0.15, 0.2) is 77.6 Å². The Morgan fingerprint density at radius 3 is 2.14 bits per heavy atom. The van der Waals surface area contributed by atoms with E-state index in [-0.39, 0.29) is 17.9 Å². The molecule has 1 atom stereocenters. The quantitative estimate of drug-likeness (QED) is 0.102. The minimum Gasteiger partial charge on any atom is -0.481 e. The van der Waals surface area contributed by atoms with Crippen LogP contribution in [-0.2, 0) is 16.6 Å². The van der Waals surface area contributed by atoms with E-state index in [0.717, 1.165) is 24.1 Å². The van der Waals surface area contributed by atoms with Gasteiger partial charge in [-0.3, -0.25) is 19.1 Å². The van der Waals surface area contributed by atoms with Gasteiger partial charge < -0.3 is 10.4 Å². The van der Waals surface area contributed by atoms with Crippen LogP contribution >= 0.6 is 0 Å². The van der Waals surface area contributed by atoms with Crippen molar-refractivity contribution in [3.63, 3.8) is 0 Å². The van der Waals surface area contributed by atoms with Crippen LogP contribution in [0.3, 0.4) is 0 Å². The minimum absolute atomic E-state index is 0.153. The van der Waals surface area contributed by atoms with Crippen LogP contribution in [0, 0.1) is 5.92 Å². The number of nitrogens with zero attached hydrogens (tertiary/aromatic N) is 2. The molecule has 0 aliphatic carbocycles. The van der Waals surface area contributed by atoms with Crippen LogP contribution in [0.2, 0.25) is 0 Å². The molecule has 0 fully saturated rings. The first-order chi connectivity index (χ1) is 20.9. The van der Waals surface area contributed by atoms with Crippen LogP contribution < -0.4 is 10.9 Å². The molecule has 1 aromatic heterocycles. The molecule has 0 bridgehead atoms. The summed E-state index contributed by atoms with van der Waals surface area (Å²) in [5, 5.41) is 12.3. The fourth-order valence-corrected chi connectivity index (χ4v) is 5.47. The fraction of sp³-hybridized carbons (Fsp3) is 0.472. The SMILES string of the molecule is CCCCCCCCCCCCCC=CCC(CC(=O)O)C(=O)Nc1cccc(-c2cc(=O)n(-c3ccccc3)n2C)c1. The molecule has 3 aromatic rings. The Morgan fingerprint density at radius 1 is 0.837 bits per heavy atom. The van der Waals surface area contributed by atoms with E-state index in [2.05, 4.69) is 18.3 Å². The van der Waals surface area contributed by atoms with E-state index in [0.29, 0.717) is 17.8 Å². The molecule has 0 aliphatic rings. The number of rotatable bonds is 20. The molecular formula is C36H49N3O4. The number of para-hydroxylation sites is 1. The van der Waals surface area contributed by atoms with Crippen LogP contribution in [0.4, 0.5) is 5.69 Å². The summed E-state index contributed by atoms with van der Waals surface area (Å²) in [6.07, 6.45) is 19.4. The number of amides is 1. The number of aromatic nitrogens is 2. The van der Waals surface area contributed by atoms with Gasteiger partial charge in [0, 0.05) is 24.4 Å². The number of allylic oxidation sites excluding steroid dienone is 2. The Kier molecular flexibility index (Phi) is 14.6. The highest BCUT2D eigenvalue weighted by Gasteiger charge is 2.21. The molecule has 7 heteroatoms. The molecule has 0 radical (unpaired) electrons. The normalized spacial score (nSPS) is 12.0. The number of carboxylic acids is 1. The summed E-state index contributed by atoms with van der Waals surface area (Å²) < 4.78 is 3.37. The van der Waals surface area contributed by atoms with Crippen LogP contribution in [0.25, 0.3) is 16.9 Å². The zero-order valence-corrected chi connectivity index (χ0v) is 26.0. The third-order valence-corrected chi connectivity index (χ3v) is 7.90. The van der Waals surface area contributed by atoms with E-state index in [1.165, 1.54) is 64.2 Å². The third kappa shape index (κ3) is 11.4. The van der Waals surface area contributed by atoms with Crippen LogP contribution in [-0.4, -0.2) is 26.3 Å². The molecule has 0 saturated carbocycles. The standard InChI is InChI=1S/C36H49N3O4/c1-3-4-5-6-7-8-9-10-11-12-13-14-15-17-21-30(27-35(41)42)36(43)37-31-23-20-22-29(26-31)33-28-34(40)39(38(33)2)32-24-18-16-19-25-32/h15-20,22-26,28,30H,3-14,21,27H2,1-2H3,(H,37,43)(H,41,42). The van der Waals surface area contributed by atoms with Gasteiger partial charge in [0.2, 0.25) is 5.91 Å². The number of hydrogen-bond donors (Lipinski definition) is 2. The molecule has 2 N–H and O–H groups in total. The van der Waals surface area contributed by atoms with Crippen molar-refractivity contribution in [2.75, 3.05) is 5.32 Å². The van der Waals surface area contributed by atoms with E-state index in [4.69, 9.17) is 0 Å². The number of hydrogen-bond acceptors (Lipinski definition) is 3. The largest absolute Gasteiger partial charge is 0.481 e. The van der Waals surface area contributed by atoms with E-state index < -0.39 is 11.9 Å². The molecule has 3 rings (SSSR count). The smallest absolute Gasteiger partial charge is 0.304 e. The lowest BCUT2D eigenvalue weighted by Crippen LogP contribution is -2.24. The van der Waals surface area contributed by atoms with Crippen molar-refractivity contribution in [1.82, 2.24) is 9.36 Å². The summed E-state index contributed by atoms with van der Waals surface area (Å²) in [6.45, 7) is 2.25. The van der Waals surface area contributed by atoms with E-state index >= 15 is 0 Å². The monoisotopic (exact) mass is 587 g/mol. The van der Waals surface area contributed by atoms with Gasteiger partial charge >= 0.3 is 5.97 Å². The summed E-state index contributed by atoms with van der Waals surface area (Å²) in [6, 6.07) is 18.3. The van der Waals surface area contributed by atoms with Gasteiger partial charge in [0.05, 0.1) is 23.7 Å². The van der Waals surface area contributed by atoms with Crippen molar-refractivity contribution >= 4 is 17.6 Å². The lowest BCUT2D eigenvalue weighted by molar-refractivity contribution is -0.140. The van der Waals surface area contributed by atoms with Crippen molar-refractivity contribution in [1.29, 1.82) is 0 Å². The molecule has 0 aliphatic heterocycles. The van der Waals surface area contributed by atoms with Gasteiger partial charge in [-0.05, 0) is 43.5 Å². The van der Waals surface area contributed by atoms with E-state index in [1.54, 1.807) is 21.5 Å². The molecule has 232 valence electrons. The lowest BCUT2D eigenvalue weighted by atomic mass is 9.99. The predicted molar refractivity (Wildman–Crippen MR) is 176 cm³/mol. The van der Waals surface area contributed by atoms with Gasteiger partial charge in [-0.1, -0.05) is 114 Å². The molecule has 1 unspecified atom stereocenters. The third-order valence-electron chi connectivity index (χ3n) is 7.90. The second-order valence-corrected chi connectivity index (χ2v) is 11.4. The van der Waals surface area contributed by atoms with Crippen LogP contribution in [0.1, 0.15) is 96.8 Å². The number of carbonyl (C=O) groups excluding carboxylic acids is 1. The summed E-state index contributed by atoms with van der Waals surface area (Å²) in [4.78, 5) is 37.4. The zero-order chi connectivity index (χ0) is 30.9. The van der Waals surface area contributed by atoms with E-state index in [9.17, 15) is 19.5 Å². The zero-order valence-electron chi connectivity index (χ0n) is 26.0. The maximum atomic E-state index is 13.1. The van der Waals surface area contributed by atoms with Gasteiger partial charge in [0.15, 0.2) is 0 Å². The van der Waals surface area contributed by atoms with Gasteiger partial charge in [-0.25, -0.2) is 4.68 Å². The Hall–Kier alpha value is -3.87. The van der Waals surface area contributed by atoms with Crippen molar-refractivity contribution in [2.24, 2.45) is 13.0 Å². The predicted octanol–water partition coefficient (Wildman–Crippen LogP) is 8.52. The average Bonchev–Trinajstić information content (AvgIpc) is 3.30. The van der Waals surface area contributed by atoms with Crippen molar-refractivity contribution in [3.8, 4) is 16.9 Å². The van der Waals surface area contributed by atoms with E-state index in [1.807, 2.05) is 61.7 Å². The number of anilines is 1. The molecule has 2 aromatic carbocycles. The molecule has 0 saturated heterocycles. The molecule has 43 heavy (non-hydrogen) atoms. The van der Waals surface area contributed by atoms with Gasteiger partial charge in [-0.15, -0.1) is 0 Å². The summed E-state index contributed by atoms with van der Waals surface area (Å²) in [5.74, 6) is -1.99.